The Morgan fingerprint density at radius 3 is 2.79 bits per heavy atom. The Balaban J connectivity index is 2.14. The van der Waals surface area contributed by atoms with E-state index in [-0.39, 0.29) is 5.56 Å². The van der Waals surface area contributed by atoms with Gasteiger partial charge in [-0.1, -0.05) is 36.7 Å². The average molecular weight is 403 g/mol. The van der Waals surface area contributed by atoms with Crippen molar-refractivity contribution in [3.63, 3.8) is 0 Å². The van der Waals surface area contributed by atoms with E-state index in [1.54, 1.807) is 18.2 Å². The van der Waals surface area contributed by atoms with Gasteiger partial charge in [-0.05, 0) is 36.3 Å². The molecule has 1 atom stereocenters. The lowest BCUT2D eigenvalue weighted by atomic mass is 10.1. The predicted octanol–water partition coefficient (Wildman–Crippen LogP) is 4.67. The van der Waals surface area contributed by atoms with Crippen molar-refractivity contribution < 1.29 is 18.7 Å². The summed E-state index contributed by atoms with van der Waals surface area (Å²) < 4.78 is 24.7. The van der Waals surface area contributed by atoms with Crippen molar-refractivity contribution in [2.75, 3.05) is 13.7 Å². The van der Waals surface area contributed by atoms with Gasteiger partial charge in [0.2, 0.25) is 5.91 Å². The monoisotopic (exact) mass is 402 g/mol. The molecule has 0 heterocycles. The number of carbonyl (C=O) groups excluding carboxylic acids is 1. The van der Waals surface area contributed by atoms with Crippen LogP contribution >= 0.6 is 11.6 Å². The van der Waals surface area contributed by atoms with E-state index >= 15 is 0 Å². The summed E-state index contributed by atoms with van der Waals surface area (Å²) in [4.78, 5) is 12.2. The molecule has 0 radical (unpaired) electrons. The Bertz CT molecular complexity index is 909. The van der Waals surface area contributed by atoms with E-state index in [1.165, 1.54) is 37.5 Å². The van der Waals surface area contributed by atoms with E-state index in [2.05, 4.69) is 5.32 Å². The standard InChI is InChI=1S/C21H20ClFN2O3/c1-3-10-28-21-16(22)11-14(12-19(21)27-2)8-9-20(26)25-18(13-24)15-6-4-5-7-17(15)23/h4-9,11-12,18H,3,10H2,1-2H3,(H,25,26)/b9-8+. The number of hydrogen-bond donors (Lipinski definition) is 1. The summed E-state index contributed by atoms with van der Waals surface area (Å²) in [5.74, 6) is -0.215. The summed E-state index contributed by atoms with van der Waals surface area (Å²) in [6.45, 7) is 2.48. The molecule has 2 aromatic rings. The van der Waals surface area contributed by atoms with Crippen molar-refractivity contribution in [1.29, 1.82) is 5.26 Å². The van der Waals surface area contributed by atoms with Gasteiger partial charge in [-0.25, -0.2) is 4.39 Å². The number of nitrogens with zero attached hydrogens (tertiary/aromatic N) is 1. The number of halogens is 2. The molecule has 0 spiro atoms. The zero-order valence-electron chi connectivity index (χ0n) is 15.5. The molecular weight excluding hydrogens is 383 g/mol. The second-order valence-electron chi connectivity index (χ2n) is 5.81. The van der Waals surface area contributed by atoms with Crippen LogP contribution < -0.4 is 14.8 Å². The number of nitriles is 1. The number of rotatable bonds is 8. The molecule has 0 saturated carbocycles. The van der Waals surface area contributed by atoms with Gasteiger partial charge in [-0.3, -0.25) is 4.79 Å². The second kappa shape index (κ2) is 10.3. The Labute approximate surface area is 168 Å². The van der Waals surface area contributed by atoms with Crippen molar-refractivity contribution >= 4 is 23.6 Å². The fourth-order valence-corrected chi connectivity index (χ4v) is 2.70. The smallest absolute Gasteiger partial charge is 0.245 e. The van der Waals surface area contributed by atoms with E-state index in [4.69, 9.17) is 21.1 Å². The summed E-state index contributed by atoms with van der Waals surface area (Å²) >= 11 is 6.24. The fourth-order valence-electron chi connectivity index (χ4n) is 2.43. The first-order valence-electron chi connectivity index (χ1n) is 8.63. The minimum atomic E-state index is -1.10. The van der Waals surface area contributed by atoms with Gasteiger partial charge in [0.1, 0.15) is 11.9 Å². The topological polar surface area (TPSA) is 71.3 Å². The Kier molecular flexibility index (Phi) is 7.85. The zero-order chi connectivity index (χ0) is 20.5. The highest BCUT2D eigenvalue weighted by molar-refractivity contribution is 6.32. The summed E-state index contributed by atoms with van der Waals surface area (Å²) in [6, 6.07) is 9.90. The average Bonchev–Trinajstić information content (AvgIpc) is 2.69. The molecule has 146 valence electrons. The van der Waals surface area contributed by atoms with Gasteiger partial charge in [0, 0.05) is 11.6 Å². The Morgan fingerprint density at radius 1 is 1.39 bits per heavy atom. The first kappa shape index (κ1) is 21.3. The van der Waals surface area contributed by atoms with Crippen LogP contribution in [-0.4, -0.2) is 19.6 Å². The second-order valence-corrected chi connectivity index (χ2v) is 6.22. The molecule has 28 heavy (non-hydrogen) atoms. The number of ether oxygens (including phenoxy) is 2. The molecule has 0 fully saturated rings. The Hall–Kier alpha value is -3.04. The largest absolute Gasteiger partial charge is 0.493 e. The van der Waals surface area contributed by atoms with Crippen molar-refractivity contribution in [1.82, 2.24) is 5.32 Å². The van der Waals surface area contributed by atoms with Crippen LogP contribution in [0, 0.1) is 17.1 Å². The van der Waals surface area contributed by atoms with Gasteiger partial charge >= 0.3 is 0 Å². The number of carbonyl (C=O) groups is 1. The molecule has 0 aliphatic rings. The highest BCUT2D eigenvalue weighted by Gasteiger charge is 2.16. The molecule has 0 aliphatic heterocycles. The van der Waals surface area contributed by atoms with Gasteiger partial charge in [-0.2, -0.15) is 5.26 Å². The number of benzene rings is 2. The van der Waals surface area contributed by atoms with E-state index in [1.807, 2.05) is 13.0 Å². The molecule has 0 saturated heterocycles. The summed E-state index contributed by atoms with van der Waals surface area (Å²) in [5, 5.41) is 12.1. The highest BCUT2D eigenvalue weighted by atomic mass is 35.5. The third-order valence-corrected chi connectivity index (χ3v) is 4.04. The predicted molar refractivity (Wildman–Crippen MR) is 106 cm³/mol. The molecule has 7 heteroatoms. The summed E-state index contributed by atoms with van der Waals surface area (Å²) in [6.07, 6.45) is 3.58. The lowest BCUT2D eigenvalue weighted by molar-refractivity contribution is -0.116. The molecule has 1 amide bonds. The lowest BCUT2D eigenvalue weighted by Gasteiger charge is -2.13. The minimum absolute atomic E-state index is 0.105. The number of nitrogens with one attached hydrogen (secondary N) is 1. The van der Waals surface area contributed by atoms with Crippen LogP contribution in [0.4, 0.5) is 4.39 Å². The number of amides is 1. The van der Waals surface area contributed by atoms with Crippen molar-refractivity contribution in [3.05, 3.63) is 64.4 Å². The molecule has 2 aromatic carbocycles. The van der Waals surface area contributed by atoms with E-state index < -0.39 is 17.8 Å². The van der Waals surface area contributed by atoms with Crippen LogP contribution in [0.2, 0.25) is 5.02 Å². The maximum Gasteiger partial charge on any atom is 0.245 e. The van der Waals surface area contributed by atoms with Crippen molar-refractivity contribution in [2.24, 2.45) is 0 Å². The van der Waals surface area contributed by atoms with E-state index in [0.29, 0.717) is 28.7 Å². The van der Waals surface area contributed by atoms with Crippen LogP contribution in [0.25, 0.3) is 6.08 Å². The van der Waals surface area contributed by atoms with E-state index in [0.717, 1.165) is 6.42 Å². The molecule has 2 rings (SSSR count). The molecule has 0 aliphatic carbocycles. The molecular formula is C21H20ClFN2O3. The Morgan fingerprint density at radius 2 is 2.14 bits per heavy atom. The number of methoxy groups -OCH3 is 1. The van der Waals surface area contributed by atoms with Crippen molar-refractivity contribution in [2.45, 2.75) is 19.4 Å². The van der Waals surface area contributed by atoms with Gasteiger partial charge in [-0.15, -0.1) is 0 Å². The van der Waals surface area contributed by atoms with Crippen molar-refractivity contribution in [3.8, 4) is 17.6 Å². The molecule has 1 unspecified atom stereocenters. The van der Waals surface area contributed by atoms with Crippen LogP contribution in [-0.2, 0) is 4.79 Å². The molecule has 5 nitrogen and oxygen atoms in total. The summed E-state index contributed by atoms with van der Waals surface area (Å²) in [7, 11) is 1.50. The number of hydrogen-bond acceptors (Lipinski definition) is 4. The fraction of sp³-hybridized carbons (Fsp3) is 0.238. The molecule has 0 bridgehead atoms. The van der Waals surface area contributed by atoms with Crippen LogP contribution in [0.5, 0.6) is 11.5 Å². The van der Waals surface area contributed by atoms with Gasteiger partial charge in [0.05, 0.1) is 24.8 Å². The third-order valence-electron chi connectivity index (χ3n) is 3.76. The summed E-state index contributed by atoms with van der Waals surface area (Å²) in [5.41, 5.74) is 0.717. The quantitative estimate of drug-likeness (QED) is 0.651. The molecule has 1 N–H and O–H groups in total. The van der Waals surface area contributed by atoms with Crippen LogP contribution in [0.1, 0.15) is 30.5 Å². The highest BCUT2D eigenvalue weighted by Crippen LogP contribution is 2.36. The zero-order valence-corrected chi connectivity index (χ0v) is 16.3. The third kappa shape index (κ3) is 5.48. The van der Waals surface area contributed by atoms with Gasteiger partial charge in [0.15, 0.2) is 11.5 Å². The SMILES string of the molecule is CCCOc1c(Cl)cc(/C=C/C(=O)NC(C#N)c2ccccc2F)cc1OC. The van der Waals surface area contributed by atoms with Gasteiger partial charge < -0.3 is 14.8 Å². The van der Waals surface area contributed by atoms with E-state index in [9.17, 15) is 14.4 Å². The lowest BCUT2D eigenvalue weighted by Crippen LogP contribution is -2.26. The normalized spacial score (nSPS) is 11.7. The first-order chi connectivity index (χ1) is 13.5. The minimum Gasteiger partial charge on any atom is -0.493 e. The van der Waals surface area contributed by atoms with Crippen LogP contribution in [0.3, 0.4) is 0 Å². The maximum absolute atomic E-state index is 13.8. The van der Waals surface area contributed by atoms with Crippen LogP contribution in [0.15, 0.2) is 42.5 Å². The maximum atomic E-state index is 13.8. The molecule has 0 aromatic heterocycles. The first-order valence-corrected chi connectivity index (χ1v) is 9.00. The van der Waals surface area contributed by atoms with Gasteiger partial charge in [0.25, 0.3) is 0 Å².